The maximum atomic E-state index is 13.7. The van der Waals surface area contributed by atoms with Crippen LogP contribution >= 0.6 is 0 Å². The van der Waals surface area contributed by atoms with Crippen LogP contribution in [0.15, 0.2) is 48.5 Å². The topological polar surface area (TPSA) is 85.5 Å². The van der Waals surface area contributed by atoms with Crippen molar-refractivity contribution >= 4 is 34.4 Å². The molecular formula is C27H30N4O3. The first kappa shape index (κ1) is 22.2. The largest absolute Gasteiger partial charge is 0.356 e. The van der Waals surface area contributed by atoms with Gasteiger partial charge >= 0.3 is 6.03 Å². The fraction of sp³-hybridized carbons (Fsp3) is 0.370. The van der Waals surface area contributed by atoms with Crippen LogP contribution in [0.2, 0.25) is 0 Å². The van der Waals surface area contributed by atoms with Crippen LogP contribution in [0, 0.1) is 0 Å². The number of hydrogen-bond acceptors (Lipinski definition) is 3. The number of nitrogens with one attached hydrogen (secondary N) is 2. The number of rotatable bonds is 6. The predicted octanol–water partition coefficient (Wildman–Crippen LogP) is 4.57. The van der Waals surface area contributed by atoms with Gasteiger partial charge in [0.2, 0.25) is 5.91 Å². The number of aromatic amines is 1. The summed E-state index contributed by atoms with van der Waals surface area (Å²) in [7, 11) is 0. The van der Waals surface area contributed by atoms with Crippen molar-refractivity contribution in [1.82, 2.24) is 14.8 Å². The van der Waals surface area contributed by atoms with Crippen LogP contribution < -0.4 is 5.32 Å². The van der Waals surface area contributed by atoms with Gasteiger partial charge in [-0.1, -0.05) is 43.7 Å². The van der Waals surface area contributed by atoms with Gasteiger partial charge in [-0.05, 0) is 62.4 Å². The summed E-state index contributed by atoms with van der Waals surface area (Å²) < 4.78 is 0. The number of hydrogen-bond donors (Lipinski definition) is 2. The van der Waals surface area contributed by atoms with Gasteiger partial charge in [0.1, 0.15) is 6.04 Å². The van der Waals surface area contributed by atoms with E-state index in [9.17, 15) is 14.4 Å². The number of benzene rings is 2. The van der Waals surface area contributed by atoms with Gasteiger partial charge in [-0.25, -0.2) is 9.69 Å². The fourth-order valence-electron chi connectivity index (χ4n) is 5.26. The number of unbranched alkanes of at least 4 members (excludes halogenated alkanes) is 1. The summed E-state index contributed by atoms with van der Waals surface area (Å²) in [6.07, 6.45) is 3.91. The SMILES string of the molecule is CCCCc1ccc(NC(=O)C(C)N2C(=O)N3CCc4c([nH]c5ccccc45)C3(C)C2=O)cc1. The first-order chi connectivity index (χ1) is 16.4. The molecule has 0 saturated carbocycles. The van der Waals surface area contributed by atoms with Gasteiger partial charge in [-0.3, -0.25) is 9.59 Å². The molecule has 176 valence electrons. The Hall–Kier alpha value is -3.61. The highest BCUT2D eigenvalue weighted by molar-refractivity contribution is 6.12. The molecule has 0 radical (unpaired) electrons. The molecule has 0 aliphatic carbocycles. The van der Waals surface area contributed by atoms with E-state index in [1.165, 1.54) is 5.56 Å². The zero-order valence-electron chi connectivity index (χ0n) is 19.9. The third-order valence-electron chi connectivity index (χ3n) is 7.31. The van der Waals surface area contributed by atoms with Crippen molar-refractivity contribution in [3.05, 3.63) is 65.4 Å². The van der Waals surface area contributed by atoms with Gasteiger partial charge in [0.05, 0.1) is 5.69 Å². The molecule has 2 aliphatic rings. The van der Waals surface area contributed by atoms with Crippen molar-refractivity contribution in [2.45, 2.75) is 58.0 Å². The number of imide groups is 1. The zero-order valence-corrected chi connectivity index (χ0v) is 19.9. The number of urea groups is 1. The van der Waals surface area contributed by atoms with Gasteiger partial charge in [0.15, 0.2) is 5.54 Å². The van der Waals surface area contributed by atoms with Gasteiger partial charge in [-0.15, -0.1) is 0 Å². The Morgan fingerprint density at radius 2 is 1.88 bits per heavy atom. The summed E-state index contributed by atoms with van der Waals surface area (Å²) in [4.78, 5) is 46.2. The molecule has 0 spiro atoms. The number of H-pyrrole nitrogens is 1. The number of nitrogens with zero attached hydrogens (tertiary/aromatic N) is 2. The third-order valence-corrected chi connectivity index (χ3v) is 7.31. The van der Waals surface area contributed by atoms with E-state index in [0.29, 0.717) is 18.7 Å². The molecule has 2 N–H and O–H groups in total. The Balaban J connectivity index is 1.39. The molecule has 7 nitrogen and oxygen atoms in total. The molecule has 4 amide bonds. The van der Waals surface area contributed by atoms with E-state index in [1.54, 1.807) is 18.7 Å². The number of carbonyl (C=O) groups excluding carboxylic acids is 3. The average molecular weight is 459 g/mol. The van der Waals surface area contributed by atoms with E-state index in [-0.39, 0.29) is 11.8 Å². The summed E-state index contributed by atoms with van der Waals surface area (Å²) >= 11 is 0. The number of amides is 4. The van der Waals surface area contributed by atoms with Gasteiger partial charge in [0.25, 0.3) is 5.91 Å². The number of aromatic nitrogens is 1. The number of fused-ring (bicyclic) bond motifs is 5. The van der Waals surface area contributed by atoms with Crippen LogP contribution in [0.1, 0.15) is 50.4 Å². The summed E-state index contributed by atoms with van der Waals surface area (Å²) in [5, 5.41) is 3.94. The van der Waals surface area contributed by atoms with Gasteiger partial charge in [0, 0.05) is 23.1 Å². The summed E-state index contributed by atoms with van der Waals surface area (Å²) in [6.45, 7) is 5.97. The minimum atomic E-state index is -1.15. The number of anilines is 1. The summed E-state index contributed by atoms with van der Waals surface area (Å²) in [5.41, 5.74) is 3.48. The molecule has 0 bridgehead atoms. The van der Waals surface area contributed by atoms with Crippen LogP contribution in [0.3, 0.4) is 0 Å². The van der Waals surface area contributed by atoms with Crippen molar-refractivity contribution in [2.75, 3.05) is 11.9 Å². The molecule has 1 saturated heterocycles. The highest BCUT2D eigenvalue weighted by Gasteiger charge is 2.60. The fourth-order valence-corrected chi connectivity index (χ4v) is 5.26. The quantitative estimate of drug-likeness (QED) is 0.531. The number of aryl methyl sites for hydroxylation is 1. The Kier molecular flexibility index (Phi) is 5.42. The van der Waals surface area contributed by atoms with Gasteiger partial charge in [-0.2, -0.15) is 0 Å². The van der Waals surface area contributed by atoms with E-state index in [4.69, 9.17) is 0 Å². The number of carbonyl (C=O) groups is 3. The monoisotopic (exact) mass is 458 g/mol. The number of para-hydroxylation sites is 1. The molecule has 3 aromatic rings. The molecule has 2 atom stereocenters. The molecule has 7 heteroatoms. The van der Waals surface area contributed by atoms with Crippen LogP contribution in [0.5, 0.6) is 0 Å². The molecule has 1 fully saturated rings. The lowest BCUT2D eigenvalue weighted by atomic mass is 9.87. The molecule has 2 unspecified atom stereocenters. The van der Waals surface area contributed by atoms with E-state index in [2.05, 4.69) is 17.2 Å². The summed E-state index contributed by atoms with van der Waals surface area (Å²) in [5.74, 6) is -0.758. The minimum absolute atomic E-state index is 0.373. The Labute approximate surface area is 199 Å². The highest BCUT2D eigenvalue weighted by atomic mass is 16.2. The summed E-state index contributed by atoms with van der Waals surface area (Å²) in [6, 6.07) is 14.3. The van der Waals surface area contributed by atoms with Crippen LogP contribution in [-0.4, -0.2) is 45.2 Å². The Morgan fingerprint density at radius 1 is 1.15 bits per heavy atom. The van der Waals surface area contributed by atoms with Crippen molar-refractivity contribution in [3.63, 3.8) is 0 Å². The second-order valence-electron chi connectivity index (χ2n) is 9.42. The maximum Gasteiger partial charge on any atom is 0.328 e. The lowest BCUT2D eigenvalue weighted by Crippen LogP contribution is -2.49. The smallest absolute Gasteiger partial charge is 0.328 e. The molecule has 2 aromatic carbocycles. The molecule has 34 heavy (non-hydrogen) atoms. The van der Waals surface area contributed by atoms with Crippen molar-refractivity contribution in [2.24, 2.45) is 0 Å². The average Bonchev–Trinajstić information content (AvgIpc) is 3.32. The normalized spacial score (nSPS) is 20.4. The first-order valence-electron chi connectivity index (χ1n) is 12.0. The second kappa shape index (κ2) is 8.31. The molecular weight excluding hydrogens is 428 g/mol. The first-order valence-corrected chi connectivity index (χ1v) is 12.0. The lowest BCUT2D eigenvalue weighted by Gasteiger charge is -2.36. The van der Waals surface area contributed by atoms with Crippen LogP contribution in [-0.2, 0) is 28.0 Å². The van der Waals surface area contributed by atoms with Crippen LogP contribution in [0.4, 0.5) is 10.5 Å². The van der Waals surface area contributed by atoms with Crippen molar-refractivity contribution < 1.29 is 14.4 Å². The Morgan fingerprint density at radius 3 is 2.62 bits per heavy atom. The second-order valence-corrected chi connectivity index (χ2v) is 9.42. The standard InChI is InChI=1S/C27H30N4O3/c1-4-5-8-18-11-13-19(14-12-18)28-24(32)17(2)31-25(33)27(3)23-21(15-16-30(27)26(31)34)20-9-6-7-10-22(20)29-23/h6-7,9-14,17,29H,4-5,8,15-16H2,1-3H3,(H,28,32). The van der Waals surface area contributed by atoms with Crippen LogP contribution in [0.25, 0.3) is 10.9 Å². The van der Waals surface area contributed by atoms with Gasteiger partial charge < -0.3 is 15.2 Å². The molecule has 2 aliphatic heterocycles. The van der Waals surface area contributed by atoms with Crippen molar-refractivity contribution in [1.29, 1.82) is 0 Å². The van der Waals surface area contributed by atoms with E-state index in [1.807, 2.05) is 48.5 Å². The lowest BCUT2D eigenvalue weighted by molar-refractivity contribution is -0.137. The molecule has 1 aromatic heterocycles. The van der Waals surface area contributed by atoms with E-state index < -0.39 is 17.6 Å². The van der Waals surface area contributed by atoms with Crippen molar-refractivity contribution in [3.8, 4) is 0 Å². The highest BCUT2D eigenvalue weighted by Crippen LogP contribution is 2.44. The van der Waals surface area contributed by atoms with E-state index >= 15 is 0 Å². The minimum Gasteiger partial charge on any atom is -0.356 e. The zero-order chi connectivity index (χ0) is 24.0. The molecule has 5 rings (SSSR count). The predicted molar refractivity (Wildman–Crippen MR) is 131 cm³/mol. The third kappa shape index (κ3) is 3.30. The Bertz CT molecular complexity index is 1280. The maximum absolute atomic E-state index is 13.7. The van der Waals surface area contributed by atoms with E-state index in [0.717, 1.165) is 46.3 Å². The molecule has 3 heterocycles.